The van der Waals surface area contributed by atoms with Gasteiger partial charge in [0.2, 0.25) is 0 Å². The first-order chi connectivity index (χ1) is 7.54. The second kappa shape index (κ2) is 5.66. The van der Waals surface area contributed by atoms with E-state index in [0.717, 1.165) is 12.5 Å². The molecule has 86 valence electrons. The molecule has 0 saturated heterocycles. The Morgan fingerprint density at radius 2 is 2.25 bits per heavy atom. The molecule has 16 heavy (non-hydrogen) atoms. The summed E-state index contributed by atoms with van der Waals surface area (Å²) in [4.78, 5) is 10.3. The van der Waals surface area contributed by atoms with Gasteiger partial charge in [-0.15, -0.1) is 0 Å². The van der Waals surface area contributed by atoms with Gasteiger partial charge in [0.1, 0.15) is 5.82 Å². The second-order valence-corrected chi connectivity index (χ2v) is 3.79. The quantitative estimate of drug-likeness (QED) is 0.820. The van der Waals surface area contributed by atoms with E-state index >= 15 is 0 Å². The van der Waals surface area contributed by atoms with Gasteiger partial charge in [-0.25, -0.2) is 9.18 Å². The van der Waals surface area contributed by atoms with E-state index in [1.54, 1.807) is 6.07 Å². The molecule has 1 N–H and O–H groups in total. The van der Waals surface area contributed by atoms with Crippen LogP contribution < -0.4 is 0 Å². The number of hydrogen-bond acceptors (Lipinski definition) is 1. The lowest BCUT2D eigenvalue weighted by molar-refractivity contribution is -0.131. The minimum atomic E-state index is -1.07. The average molecular weight is 243 g/mol. The van der Waals surface area contributed by atoms with E-state index in [0.29, 0.717) is 22.6 Å². The standard InChI is InChI=1S/C12H12ClFO2/c1-2-3-9-10(13)6-8(7-11(9)14)4-5-12(15)16/h4-7H,2-3H2,1H3,(H,15,16)/b5-4+. The maximum atomic E-state index is 13.6. The van der Waals surface area contributed by atoms with Gasteiger partial charge in [0.25, 0.3) is 0 Å². The summed E-state index contributed by atoms with van der Waals surface area (Å²) in [6.45, 7) is 1.94. The zero-order valence-corrected chi connectivity index (χ0v) is 9.59. The molecule has 0 spiro atoms. The molecule has 0 saturated carbocycles. The largest absolute Gasteiger partial charge is 0.478 e. The van der Waals surface area contributed by atoms with Crippen molar-refractivity contribution in [1.29, 1.82) is 0 Å². The van der Waals surface area contributed by atoms with E-state index in [-0.39, 0.29) is 5.82 Å². The maximum Gasteiger partial charge on any atom is 0.328 e. The van der Waals surface area contributed by atoms with Gasteiger partial charge in [0.15, 0.2) is 0 Å². The molecular weight excluding hydrogens is 231 g/mol. The first kappa shape index (κ1) is 12.7. The van der Waals surface area contributed by atoms with Crippen LogP contribution in [0.15, 0.2) is 18.2 Å². The minimum Gasteiger partial charge on any atom is -0.478 e. The van der Waals surface area contributed by atoms with E-state index in [2.05, 4.69) is 0 Å². The molecule has 2 nitrogen and oxygen atoms in total. The van der Waals surface area contributed by atoms with Gasteiger partial charge in [-0.3, -0.25) is 0 Å². The number of carbonyl (C=O) groups is 1. The van der Waals surface area contributed by atoms with Crippen LogP contribution in [0, 0.1) is 5.82 Å². The van der Waals surface area contributed by atoms with Crippen LogP contribution in [0.2, 0.25) is 5.02 Å². The van der Waals surface area contributed by atoms with Crippen LogP contribution in [0.5, 0.6) is 0 Å². The zero-order valence-electron chi connectivity index (χ0n) is 8.84. The van der Waals surface area contributed by atoms with E-state index < -0.39 is 5.97 Å². The number of aliphatic carboxylic acids is 1. The summed E-state index contributed by atoms with van der Waals surface area (Å²) in [6, 6.07) is 2.85. The predicted molar refractivity (Wildman–Crippen MR) is 62.1 cm³/mol. The molecule has 0 aliphatic heterocycles. The van der Waals surface area contributed by atoms with Gasteiger partial charge in [0, 0.05) is 16.7 Å². The summed E-state index contributed by atoms with van der Waals surface area (Å²) >= 11 is 5.91. The Labute approximate surface area is 98.4 Å². The van der Waals surface area contributed by atoms with Gasteiger partial charge in [-0.1, -0.05) is 24.9 Å². The number of benzene rings is 1. The fourth-order valence-corrected chi connectivity index (χ4v) is 1.69. The number of carboxylic acid groups (broad SMARTS) is 1. The number of hydrogen-bond donors (Lipinski definition) is 1. The predicted octanol–water partition coefficient (Wildman–Crippen LogP) is 3.53. The first-order valence-corrected chi connectivity index (χ1v) is 5.31. The molecule has 0 aromatic heterocycles. The summed E-state index contributed by atoms with van der Waals surface area (Å²) in [5.74, 6) is -1.46. The van der Waals surface area contributed by atoms with Crippen molar-refractivity contribution < 1.29 is 14.3 Å². The fraction of sp³-hybridized carbons (Fsp3) is 0.250. The van der Waals surface area contributed by atoms with Gasteiger partial charge >= 0.3 is 5.97 Å². The summed E-state index contributed by atoms with van der Waals surface area (Å²) in [6.07, 6.45) is 3.64. The van der Waals surface area contributed by atoms with Crippen LogP contribution in [0.25, 0.3) is 6.08 Å². The van der Waals surface area contributed by atoms with E-state index in [4.69, 9.17) is 16.7 Å². The third kappa shape index (κ3) is 3.35. The van der Waals surface area contributed by atoms with Crippen molar-refractivity contribution >= 4 is 23.6 Å². The van der Waals surface area contributed by atoms with Gasteiger partial charge in [-0.2, -0.15) is 0 Å². The van der Waals surface area contributed by atoms with Crippen LogP contribution in [0.4, 0.5) is 4.39 Å². The molecule has 0 aliphatic rings. The van der Waals surface area contributed by atoms with Crippen LogP contribution in [-0.4, -0.2) is 11.1 Å². The summed E-state index contributed by atoms with van der Waals surface area (Å²) < 4.78 is 13.6. The monoisotopic (exact) mass is 242 g/mol. The second-order valence-electron chi connectivity index (χ2n) is 3.38. The first-order valence-electron chi connectivity index (χ1n) is 4.93. The summed E-state index contributed by atoms with van der Waals surface area (Å²) in [5, 5.41) is 8.78. The van der Waals surface area contributed by atoms with Gasteiger partial charge in [0.05, 0.1) is 0 Å². The smallest absolute Gasteiger partial charge is 0.328 e. The fourth-order valence-electron chi connectivity index (χ4n) is 1.38. The van der Waals surface area contributed by atoms with E-state index in [9.17, 15) is 9.18 Å². The lowest BCUT2D eigenvalue weighted by Crippen LogP contribution is -1.93. The molecule has 0 heterocycles. The molecule has 0 atom stereocenters. The number of carboxylic acids is 1. The Morgan fingerprint density at radius 1 is 1.56 bits per heavy atom. The molecule has 0 aliphatic carbocycles. The third-order valence-corrected chi connectivity index (χ3v) is 2.42. The highest BCUT2D eigenvalue weighted by Gasteiger charge is 2.07. The lowest BCUT2D eigenvalue weighted by atomic mass is 10.1. The highest BCUT2D eigenvalue weighted by Crippen LogP contribution is 2.23. The van der Waals surface area contributed by atoms with Gasteiger partial charge in [-0.05, 0) is 30.2 Å². The van der Waals surface area contributed by atoms with E-state index in [1.165, 1.54) is 12.1 Å². The normalized spacial score (nSPS) is 10.9. The molecule has 4 heteroatoms. The van der Waals surface area contributed by atoms with Crippen molar-refractivity contribution in [1.82, 2.24) is 0 Å². The van der Waals surface area contributed by atoms with E-state index in [1.807, 2.05) is 6.92 Å². The van der Waals surface area contributed by atoms with Crippen molar-refractivity contribution in [2.45, 2.75) is 19.8 Å². The summed E-state index contributed by atoms with van der Waals surface area (Å²) in [7, 11) is 0. The molecule has 0 amide bonds. The Kier molecular flexibility index (Phi) is 4.50. The van der Waals surface area contributed by atoms with Crippen molar-refractivity contribution in [2.75, 3.05) is 0 Å². The maximum absolute atomic E-state index is 13.6. The molecule has 1 aromatic carbocycles. The molecule has 0 radical (unpaired) electrons. The molecule has 1 aromatic rings. The number of rotatable bonds is 4. The third-order valence-electron chi connectivity index (χ3n) is 2.08. The number of halogens is 2. The summed E-state index contributed by atoms with van der Waals surface area (Å²) in [5.41, 5.74) is 0.932. The molecule has 1 rings (SSSR count). The Morgan fingerprint density at radius 3 is 2.75 bits per heavy atom. The van der Waals surface area contributed by atoms with Crippen LogP contribution >= 0.6 is 11.6 Å². The Balaban J connectivity index is 3.04. The average Bonchev–Trinajstić information content (AvgIpc) is 2.20. The minimum absolute atomic E-state index is 0.340. The highest BCUT2D eigenvalue weighted by atomic mass is 35.5. The highest BCUT2D eigenvalue weighted by molar-refractivity contribution is 6.31. The molecule has 0 bridgehead atoms. The Hall–Kier alpha value is -1.35. The Bertz CT molecular complexity index is 404. The molecular formula is C12H12ClFO2. The van der Waals surface area contributed by atoms with Crippen LogP contribution in [0.3, 0.4) is 0 Å². The van der Waals surface area contributed by atoms with Crippen molar-refractivity contribution in [3.8, 4) is 0 Å². The SMILES string of the molecule is CCCc1c(F)cc(/C=C/C(=O)O)cc1Cl. The van der Waals surface area contributed by atoms with Crippen molar-refractivity contribution in [3.63, 3.8) is 0 Å². The topological polar surface area (TPSA) is 37.3 Å². The van der Waals surface area contributed by atoms with Crippen molar-refractivity contribution in [2.24, 2.45) is 0 Å². The van der Waals surface area contributed by atoms with Crippen molar-refractivity contribution in [3.05, 3.63) is 40.2 Å². The zero-order chi connectivity index (χ0) is 12.1. The van der Waals surface area contributed by atoms with Gasteiger partial charge < -0.3 is 5.11 Å². The molecule has 0 unspecified atom stereocenters. The lowest BCUT2D eigenvalue weighted by Gasteiger charge is -2.05. The molecule has 0 fully saturated rings. The van der Waals surface area contributed by atoms with Crippen LogP contribution in [-0.2, 0) is 11.2 Å². The van der Waals surface area contributed by atoms with Crippen LogP contribution in [0.1, 0.15) is 24.5 Å².